The molecule has 8 heteroatoms. The van der Waals surface area contributed by atoms with Crippen LogP contribution in [0.5, 0.6) is 0 Å². The van der Waals surface area contributed by atoms with Crippen molar-refractivity contribution in [1.29, 1.82) is 0 Å². The van der Waals surface area contributed by atoms with Crippen LogP contribution in [-0.2, 0) is 17.8 Å². The van der Waals surface area contributed by atoms with Crippen LogP contribution in [0.1, 0.15) is 34.2 Å². The zero-order valence-corrected chi connectivity index (χ0v) is 11.4. The molecule has 0 radical (unpaired) electrons. The molecule has 0 saturated heterocycles. The molecule has 2 aromatic rings. The number of pyridine rings is 1. The quantitative estimate of drug-likeness (QED) is 0.804. The number of aromatic carboxylic acids is 1. The molecule has 1 amide bonds. The van der Waals surface area contributed by atoms with Gasteiger partial charge in [0.25, 0.3) is 0 Å². The van der Waals surface area contributed by atoms with E-state index in [1.54, 1.807) is 13.0 Å². The molecule has 21 heavy (non-hydrogen) atoms. The highest BCUT2D eigenvalue weighted by molar-refractivity contribution is 5.85. The summed E-state index contributed by atoms with van der Waals surface area (Å²) in [4.78, 5) is 30.1. The summed E-state index contributed by atoms with van der Waals surface area (Å²) >= 11 is 0. The second-order valence-electron chi connectivity index (χ2n) is 4.37. The third-order valence-electron chi connectivity index (χ3n) is 2.67. The fourth-order valence-corrected chi connectivity index (χ4v) is 1.61. The van der Waals surface area contributed by atoms with Gasteiger partial charge >= 0.3 is 5.97 Å². The Kier molecular flexibility index (Phi) is 4.60. The Morgan fingerprint density at radius 3 is 2.76 bits per heavy atom. The van der Waals surface area contributed by atoms with Crippen molar-refractivity contribution in [2.24, 2.45) is 0 Å². The fourth-order valence-electron chi connectivity index (χ4n) is 1.61. The van der Waals surface area contributed by atoms with Crippen molar-refractivity contribution in [3.63, 3.8) is 0 Å². The average molecular weight is 290 g/mol. The second kappa shape index (κ2) is 6.60. The Morgan fingerprint density at radius 2 is 2.19 bits per heavy atom. The van der Waals surface area contributed by atoms with Gasteiger partial charge in [-0.15, -0.1) is 0 Å². The van der Waals surface area contributed by atoms with Crippen LogP contribution in [0.15, 0.2) is 22.9 Å². The number of aryl methyl sites for hydroxylation is 2. The normalized spacial score (nSPS) is 10.3. The third-order valence-corrected chi connectivity index (χ3v) is 2.67. The maximum absolute atomic E-state index is 11.7. The van der Waals surface area contributed by atoms with E-state index in [1.807, 2.05) is 0 Å². The number of nitrogens with zero attached hydrogens (tertiary/aromatic N) is 3. The smallest absolute Gasteiger partial charge is 0.354 e. The van der Waals surface area contributed by atoms with Gasteiger partial charge in [0, 0.05) is 25.6 Å². The third kappa shape index (κ3) is 4.37. The van der Waals surface area contributed by atoms with E-state index in [-0.39, 0.29) is 24.6 Å². The summed E-state index contributed by atoms with van der Waals surface area (Å²) in [5, 5.41) is 15.1. The molecule has 0 unspecified atom stereocenters. The lowest BCUT2D eigenvalue weighted by atomic mass is 10.2. The number of hydrogen-bond acceptors (Lipinski definition) is 6. The maximum Gasteiger partial charge on any atom is 0.354 e. The monoisotopic (exact) mass is 290 g/mol. The van der Waals surface area contributed by atoms with E-state index in [4.69, 9.17) is 9.63 Å². The molecule has 2 aromatic heterocycles. The molecule has 0 saturated carbocycles. The molecule has 0 aromatic carbocycles. The van der Waals surface area contributed by atoms with Crippen LogP contribution in [0.3, 0.4) is 0 Å². The highest BCUT2D eigenvalue weighted by atomic mass is 16.5. The number of nitrogens with one attached hydrogen (secondary N) is 1. The molecule has 0 aliphatic carbocycles. The minimum Gasteiger partial charge on any atom is -0.477 e. The van der Waals surface area contributed by atoms with Gasteiger partial charge in [-0.2, -0.15) is 4.98 Å². The number of rotatable bonds is 6. The molecule has 2 rings (SSSR count). The molecular weight excluding hydrogens is 276 g/mol. The van der Waals surface area contributed by atoms with Gasteiger partial charge in [-0.1, -0.05) is 11.2 Å². The summed E-state index contributed by atoms with van der Waals surface area (Å²) in [7, 11) is 0. The fraction of sp³-hybridized carbons (Fsp3) is 0.308. The zero-order chi connectivity index (χ0) is 15.2. The maximum atomic E-state index is 11.7. The van der Waals surface area contributed by atoms with Crippen LogP contribution in [0.25, 0.3) is 0 Å². The van der Waals surface area contributed by atoms with Crippen LogP contribution in [0, 0.1) is 6.92 Å². The first kappa shape index (κ1) is 14.6. The zero-order valence-electron chi connectivity index (χ0n) is 11.4. The summed E-state index contributed by atoms with van der Waals surface area (Å²) in [5.41, 5.74) is 0.693. The lowest BCUT2D eigenvalue weighted by molar-refractivity contribution is -0.121. The van der Waals surface area contributed by atoms with Crippen molar-refractivity contribution in [2.45, 2.75) is 26.3 Å². The molecule has 0 spiro atoms. The number of carboxylic acids is 1. The summed E-state index contributed by atoms with van der Waals surface area (Å²) in [6, 6.07) is 3.00. The van der Waals surface area contributed by atoms with E-state index >= 15 is 0 Å². The number of carbonyl (C=O) groups is 2. The first-order valence-electron chi connectivity index (χ1n) is 6.28. The lowest BCUT2D eigenvalue weighted by Crippen LogP contribution is -2.23. The SMILES string of the molecule is Cc1noc(CCC(=O)NCc2ccc(C(=O)O)nc2)n1. The minimum atomic E-state index is -1.08. The number of amides is 1. The van der Waals surface area contributed by atoms with E-state index in [1.165, 1.54) is 12.3 Å². The van der Waals surface area contributed by atoms with E-state index in [0.29, 0.717) is 18.1 Å². The van der Waals surface area contributed by atoms with Gasteiger partial charge in [-0.05, 0) is 18.6 Å². The first-order valence-corrected chi connectivity index (χ1v) is 6.28. The minimum absolute atomic E-state index is 0.0307. The molecule has 2 N–H and O–H groups in total. The van der Waals surface area contributed by atoms with Crippen molar-refractivity contribution in [3.8, 4) is 0 Å². The largest absolute Gasteiger partial charge is 0.477 e. The van der Waals surface area contributed by atoms with Gasteiger partial charge < -0.3 is 14.9 Å². The molecule has 2 heterocycles. The van der Waals surface area contributed by atoms with Crippen molar-refractivity contribution in [2.75, 3.05) is 0 Å². The van der Waals surface area contributed by atoms with Gasteiger partial charge in [0.05, 0.1) is 0 Å². The molecule has 0 aliphatic heterocycles. The average Bonchev–Trinajstić information content (AvgIpc) is 2.89. The van der Waals surface area contributed by atoms with Crippen LogP contribution < -0.4 is 5.32 Å². The molecule has 0 aliphatic rings. The summed E-state index contributed by atoms with van der Waals surface area (Å²) in [5.74, 6) is -0.279. The van der Waals surface area contributed by atoms with Crippen LogP contribution >= 0.6 is 0 Å². The van der Waals surface area contributed by atoms with Gasteiger partial charge in [0.1, 0.15) is 5.69 Å². The van der Waals surface area contributed by atoms with Crippen LogP contribution in [0.2, 0.25) is 0 Å². The van der Waals surface area contributed by atoms with Gasteiger partial charge in [-0.25, -0.2) is 9.78 Å². The summed E-state index contributed by atoms with van der Waals surface area (Å²) in [6.07, 6.45) is 2.04. The molecule has 8 nitrogen and oxygen atoms in total. The molecule has 0 atom stereocenters. The Bertz CT molecular complexity index is 636. The lowest BCUT2D eigenvalue weighted by Gasteiger charge is -2.04. The second-order valence-corrected chi connectivity index (χ2v) is 4.37. The predicted octanol–water partition coefficient (Wildman–Crippen LogP) is 0.720. The van der Waals surface area contributed by atoms with Gasteiger partial charge in [0.15, 0.2) is 5.82 Å². The standard InChI is InChI=1S/C13H14N4O4/c1-8-16-12(21-17-8)5-4-11(18)15-7-9-2-3-10(13(19)20)14-6-9/h2-3,6H,4-5,7H2,1H3,(H,15,18)(H,19,20). The Labute approximate surface area is 120 Å². The van der Waals surface area contributed by atoms with E-state index in [2.05, 4.69) is 20.4 Å². The van der Waals surface area contributed by atoms with Crippen LogP contribution in [0.4, 0.5) is 0 Å². The first-order chi connectivity index (χ1) is 10.0. The summed E-state index contributed by atoms with van der Waals surface area (Å²) in [6.45, 7) is 2.00. The summed E-state index contributed by atoms with van der Waals surface area (Å²) < 4.78 is 4.91. The highest BCUT2D eigenvalue weighted by Crippen LogP contribution is 2.02. The Hall–Kier alpha value is -2.77. The Morgan fingerprint density at radius 1 is 1.38 bits per heavy atom. The van der Waals surface area contributed by atoms with Crippen LogP contribution in [-0.4, -0.2) is 32.1 Å². The predicted molar refractivity (Wildman–Crippen MR) is 70.4 cm³/mol. The highest BCUT2D eigenvalue weighted by Gasteiger charge is 2.08. The number of carbonyl (C=O) groups excluding carboxylic acids is 1. The molecular formula is C13H14N4O4. The number of hydrogen-bond donors (Lipinski definition) is 2. The van der Waals surface area contributed by atoms with E-state index in [9.17, 15) is 9.59 Å². The Balaban J connectivity index is 1.77. The van der Waals surface area contributed by atoms with Crippen molar-refractivity contribution < 1.29 is 19.2 Å². The molecule has 110 valence electrons. The number of aromatic nitrogens is 3. The number of carboxylic acid groups (broad SMARTS) is 1. The van der Waals surface area contributed by atoms with E-state index < -0.39 is 5.97 Å². The van der Waals surface area contributed by atoms with Crippen molar-refractivity contribution in [1.82, 2.24) is 20.4 Å². The molecule has 0 bridgehead atoms. The van der Waals surface area contributed by atoms with Gasteiger partial charge in [-0.3, -0.25) is 4.79 Å². The van der Waals surface area contributed by atoms with Crippen molar-refractivity contribution >= 4 is 11.9 Å². The molecule has 0 fully saturated rings. The topological polar surface area (TPSA) is 118 Å². The van der Waals surface area contributed by atoms with Crippen molar-refractivity contribution in [3.05, 3.63) is 41.3 Å². The van der Waals surface area contributed by atoms with Gasteiger partial charge in [0.2, 0.25) is 11.8 Å². The van der Waals surface area contributed by atoms with E-state index in [0.717, 1.165) is 5.56 Å².